The number of hydrogen-bond acceptors (Lipinski definition) is 4. The Hall–Kier alpha value is -2.40. The molecule has 2 aliphatic rings. The van der Waals surface area contributed by atoms with E-state index in [1.165, 1.54) is 19.4 Å². The van der Waals surface area contributed by atoms with Gasteiger partial charge in [0.05, 0.1) is 0 Å². The quantitative estimate of drug-likeness (QED) is 0.915. The van der Waals surface area contributed by atoms with Gasteiger partial charge < -0.3 is 10.6 Å². The number of hydrogen-bond donors (Lipinski definition) is 1. The molecule has 0 saturated carbocycles. The van der Waals surface area contributed by atoms with Crippen molar-refractivity contribution in [2.75, 3.05) is 31.9 Å². The van der Waals surface area contributed by atoms with Gasteiger partial charge in [0.2, 0.25) is 0 Å². The van der Waals surface area contributed by atoms with Crippen LogP contribution in [0, 0.1) is 6.92 Å². The van der Waals surface area contributed by atoms with E-state index >= 15 is 0 Å². The van der Waals surface area contributed by atoms with Crippen LogP contribution < -0.4 is 5.73 Å². The normalized spacial score (nSPS) is 20.5. The fourth-order valence-electron chi connectivity index (χ4n) is 4.03. The number of pyridine rings is 1. The topological polar surface area (TPSA) is 62.5 Å². The maximum Gasteiger partial charge on any atom is 0.253 e. The van der Waals surface area contributed by atoms with Crippen molar-refractivity contribution in [2.24, 2.45) is 0 Å². The summed E-state index contributed by atoms with van der Waals surface area (Å²) < 4.78 is 0. The predicted octanol–water partition coefficient (Wildman–Crippen LogP) is 2.56. The van der Waals surface area contributed by atoms with Gasteiger partial charge in [-0.05, 0) is 55.6 Å². The number of aryl methyl sites for hydroxylation is 1. The van der Waals surface area contributed by atoms with E-state index in [1.54, 1.807) is 6.20 Å². The number of nitrogens with two attached hydrogens (primary N) is 1. The summed E-state index contributed by atoms with van der Waals surface area (Å²) in [6.45, 7) is 5.91. The number of nitrogens with zero attached hydrogens (tertiary/aromatic N) is 3. The third-order valence-corrected chi connectivity index (χ3v) is 5.45. The van der Waals surface area contributed by atoms with Gasteiger partial charge in [-0.25, -0.2) is 4.98 Å². The Kier molecular flexibility index (Phi) is 4.17. The molecule has 0 aliphatic carbocycles. The van der Waals surface area contributed by atoms with E-state index in [0.717, 1.165) is 41.9 Å². The zero-order valence-corrected chi connectivity index (χ0v) is 14.6. The fraction of sp³-hybridized carbons (Fsp3) is 0.400. The van der Waals surface area contributed by atoms with Crippen LogP contribution in [-0.4, -0.2) is 52.9 Å². The Balaban J connectivity index is 1.50. The second-order valence-electron chi connectivity index (χ2n) is 7.08. The molecule has 0 spiro atoms. The number of anilines is 1. The standard InChI is InChI=1S/C20H24N4O/c1-14-11-19(21)22-12-18(14)15-4-6-16(7-5-15)20(25)24-10-9-23-8-2-3-17(23)13-24/h4-7,11-12,17H,2-3,8-10,13H2,1H3,(H2,21,22)/t17-/m0/s1. The van der Waals surface area contributed by atoms with Crippen LogP contribution in [0.25, 0.3) is 11.1 Å². The highest BCUT2D eigenvalue weighted by Gasteiger charge is 2.32. The van der Waals surface area contributed by atoms with Gasteiger partial charge in [0.1, 0.15) is 5.82 Å². The first kappa shape index (κ1) is 16.1. The Morgan fingerprint density at radius 2 is 2.00 bits per heavy atom. The lowest BCUT2D eigenvalue weighted by atomic mass is 10.0. The van der Waals surface area contributed by atoms with E-state index in [9.17, 15) is 4.79 Å². The molecular weight excluding hydrogens is 312 g/mol. The number of benzene rings is 1. The highest BCUT2D eigenvalue weighted by atomic mass is 16.2. The summed E-state index contributed by atoms with van der Waals surface area (Å²) in [4.78, 5) is 21.5. The van der Waals surface area contributed by atoms with Crippen LogP contribution in [0.3, 0.4) is 0 Å². The maximum atomic E-state index is 12.8. The largest absolute Gasteiger partial charge is 0.384 e. The minimum absolute atomic E-state index is 0.144. The average Bonchev–Trinajstić information content (AvgIpc) is 3.09. The lowest BCUT2D eigenvalue weighted by molar-refractivity contribution is 0.0571. The van der Waals surface area contributed by atoms with E-state index in [4.69, 9.17) is 5.73 Å². The summed E-state index contributed by atoms with van der Waals surface area (Å²) in [5.74, 6) is 0.671. The highest BCUT2D eigenvalue weighted by Crippen LogP contribution is 2.25. The Morgan fingerprint density at radius 3 is 2.76 bits per heavy atom. The van der Waals surface area contributed by atoms with Gasteiger partial charge in [-0.3, -0.25) is 9.69 Å². The molecule has 1 aromatic carbocycles. The van der Waals surface area contributed by atoms with Crippen molar-refractivity contribution in [3.05, 3.63) is 47.7 Å². The van der Waals surface area contributed by atoms with Crippen molar-refractivity contribution < 1.29 is 4.79 Å². The van der Waals surface area contributed by atoms with Crippen molar-refractivity contribution in [2.45, 2.75) is 25.8 Å². The smallest absolute Gasteiger partial charge is 0.253 e. The van der Waals surface area contributed by atoms with Gasteiger partial charge in [-0.15, -0.1) is 0 Å². The zero-order valence-electron chi connectivity index (χ0n) is 14.6. The van der Waals surface area contributed by atoms with E-state index in [-0.39, 0.29) is 5.91 Å². The van der Waals surface area contributed by atoms with Gasteiger partial charge in [0.25, 0.3) is 5.91 Å². The van der Waals surface area contributed by atoms with Crippen LogP contribution in [0.1, 0.15) is 28.8 Å². The van der Waals surface area contributed by atoms with Crippen molar-refractivity contribution in [3.63, 3.8) is 0 Å². The second kappa shape index (κ2) is 6.48. The number of rotatable bonds is 2. The molecule has 4 rings (SSSR count). The second-order valence-corrected chi connectivity index (χ2v) is 7.08. The monoisotopic (exact) mass is 336 g/mol. The summed E-state index contributed by atoms with van der Waals surface area (Å²) in [5, 5.41) is 0. The van der Waals surface area contributed by atoms with Crippen LogP contribution in [-0.2, 0) is 0 Å². The van der Waals surface area contributed by atoms with Gasteiger partial charge in [-0.2, -0.15) is 0 Å². The minimum atomic E-state index is 0.144. The molecule has 5 nitrogen and oxygen atoms in total. The fourth-order valence-corrected chi connectivity index (χ4v) is 4.03. The highest BCUT2D eigenvalue weighted by molar-refractivity contribution is 5.95. The minimum Gasteiger partial charge on any atom is -0.384 e. The van der Waals surface area contributed by atoms with Crippen molar-refractivity contribution in [1.82, 2.24) is 14.8 Å². The molecule has 2 saturated heterocycles. The van der Waals surface area contributed by atoms with Crippen LogP contribution in [0.15, 0.2) is 36.5 Å². The molecule has 1 aromatic heterocycles. The molecule has 1 atom stereocenters. The van der Waals surface area contributed by atoms with Crippen molar-refractivity contribution >= 4 is 11.7 Å². The number of fused-ring (bicyclic) bond motifs is 1. The molecule has 2 N–H and O–H groups in total. The lowest BCUT2D eigenvalue weighted by Gasteiger charge is -2.37. The molecule has 2 aromatic rings. The predicted molar refractivity (Wildman–Crippen MR) is 99.3 cm³/mol. The van der Waals surface area contributed by atoms with Crippen LogP contribution >= 0.6 is 0 Å². The van der Waals surface area contributed by atoms with Crippen LogP contribution in [0.4, 0.5) is 5.82 Å². The summed E-state index contributed by atoms with van der Waals surface area (Å²) in [5.41, 5.74) is 9.68. The third-order valence-electron chi connectivity index (χ3n) is 5.45. The van der Waals surface area contributed by atoms with Gasteiger partial charge in [0, 0.05) is 43.0 Å². The van der Waals surface area contributed by atoms with Gasteiger partial charge in [-0.1, -0.05) is 12.1 Å². The molecule has 25 heavy (non-hydrogen) atoms. The van der Waals surface area contributed by atoms with Gasteiger partial charge >= 0.3 is 0 Å². The molecular formula is C20H24N4O. The van der Waals surface area contributed by atoms with E-state index < -0.39 is 0 Å². The number of carbonyl (C=O) groups is 1. The summed E-state index contributed by atoms with van der Waals surface area (Å²) in [6, 6.07) is 10.3. The first-order valence-electron chi connectivity index (χ1n) is 8.98. The Morgan fingerprint density at radius 1 is 1.20 bits per heavy atom. The van der Waals surface area contributed by atoms with Gasteiger partial charge in [0.15, 0.2) is 0 Å². The molecule has 0 radical (unpaired) electrons. The number of nitrogen functional groups attached to an aromatic ring is 1. The van der Waals surface area contributed by atoms with Crippen LogP contribution in [0.2, 0.25) is 0 Å². The Bertz CT molecular complexity index is 787. The van der Waals surface area contributed by atoms with E-state index in [0.29, 0.717) is 11.9 Å². The molecule has 2 fully saturated rings. The SMILES string of the molecule is Cc1cc(N)ncc1-c1ccc(C(=O)N2CCN3CCC[C@H]3C2)cc1. The molecule has 2 aliphatic heterocycles. The summed E-state index contributed by atoms with van der Waals surface area (Å²) >= 11 is 0. The molecule has 5 heteroatoms. The van der Waals surface area contributed by atoms with E-state index in [2.05, 4.69) is 9.88 Å². The third kappa shape index (κ3) is 3.12. The molecule has 1 amide bonds. The summed E-state index contributed by atoms with van der Waals surface area (Å²) in [7, 11) is 0. The number of piperazine rings is 1. The molecule has 130 valence electrons. The van der Waals surface area contributed by atoms with Crippen molar-refractivity contribution in [1.29, 1.82) is 0 Å². The number of aromatic nitrogens is 1. The molecule has 0 unspecified atom stereocenters. The Labute approximate surface area is 148 Å². The zero-order chi connectivity index (χ0) is 17.4. The molecule has 0 bridgehead atoms. The van der Waals surface area contributed by atoms with E-state index in [1.807, 2.05) is 42.2 Å². The first-order valence-corrected chi connectivity index (χ1v) is 8.98. The summed E-state index contributed by atoms with van der Waals surface area (Å²) in [6.07, 6.45) is 4.27. The number of carbonyl (C=O) groups excluding carboxylic acids is 1. The van der Waals surface area contributed by atoms with Crippen molar-refractivity contribution in [3.8, 4) is 11.1 Å². The maximum absolute atomic E-state index is 12.8. The lowest BCUT2D eigenvalue weighted by Crippen LogP contribution is -2.52. The average molecular weight is 336 g/mol. The first-order chi connectivity index (χ1) is 12.1. The number of amides is 1. The van der Waals surface area contributed by atoms with Crippen LogP contribution in [0.5, 0.6) is 0 Å². The molecule has 3 heterocycles.